The van der Waals surface area contributed by atoms with Crippen LogP contribution in [0.4, 0.5) is 5.82 Å². The number of carbonyl (C=O) groups excluding carboxylic acids is 1. The third-order valence-electron chi connectivity index (χ3n) is 4.39. The Kier molecular flexibility index (Phi) is 3.97. The van der Waals surface area contributed by atoms with E-state index in [0.29, 0.717) is 19.6 Å². The van der Waals surface area contributed by atoms with Crippen molar-refractivity contribution in [1.29, 1.82) is 0 Å². The first-order valence-corrected chi connectivity index (χ1v) is 8.19. The fourth-order valence-electron chi connectivity index (χ4n) is 3.04. The lowest BCUT2D eigenvalue weighted by atomic mass is 10.2. The summed E-state index contributed by atoms with van der Waals surface area (Å²) >= 11 is 0. The van der Waals surface area contributed by atoms with E-state index in [2.05, 4.69) is 10.1 Å². The average molecular weight is 337 g/mol. The van der Waals surface area contributed by atoms with Crippen LogP contribution in [0.15, 0.2) is 48.8 Å². The number of methoxy groups -OCH3 is 1. The van der Waals surface area contributed by atoms with Crippen molar-refractivity contribution in [3.63, 3.8) is 0 Å². The summed E-state index contributed by atoms with van der Waals surface area (Å²) in [5.74, 6) is 1.72. The molecule has 1 aliphatic heterocycles. The topological polar surface area (TPSA) is 63.0 Å². The standard InChI is InChI=1S/C18H19N5O2/c1-25-15-4-2-3-14(11-15)12-22-10-9-21(13-18(22)24)16-6-8-23-17(20-16)5-7-19-23/h2-8,11H,9-10,12-13H2,1H3. The minimum absolute atomic E-state index is 0.101. The highest BCUT2D eigenvalue weighted by Gasteiger charge is 2.25. The number of hydrogen-bond donors (Lipinski definition) is 0. The quantitative estimate of drug-likeness (QED) is 0.723. The molecule has 7 heteroatoms. The lowest BCUT2D eigenvalue weighted by molar-refractivity contribution is -0.131. The summed E-state index contributed by atoms with van der Waals surface area (Å²) in [6.45, 7) is 2.36. The Morgan fingerprint density at radius 3 is 2.96 bits per heavy atom. The normalized spacial score (nSPS) is 15.0. The first-order valence-electron chi connectivity index (χ1n) is 8.19. The fourth-order valence-corrected chi connectivity index (χ4v) is 3.04. The molecule has 0 aliphatic carbocycles. The van der Waals surface area contributed by atoms with Gasteiger partial charge in [-0.25, -0.2) is 9.50 Å². The summed E-state index contributed by atoms with van der Waals surface area (Å²) in [5.41, 5.74) is 1.85. The molecule has 1 aliphatic rings. The van der Waals surface area contributed by atoms with E-state index >= 15 is 0 Å². The lowest BCUT2D eigenvalue weighted by Crippen LogP contribution is -2.50. The monoisotopic (exact) mass is 337 g/mol. The molecule has 1 aromatic carbocycles. The highest BCUT2D eigenvalue weighted by molar-refractivity contribution is 5.82. The number of hydrogen-bond acceptors (Lipinski definition) is 5. The summed E-state index contributed by atoms with van der Waals surface area (Å²) in [6, 6.07) is 11.6. The molecule has 25 heavy (non-hydrogen) atoms. The molecule has 2 aromatic heterocycles. The van der Waals surface area contributed by atoms with E-state index in [0.717, 1.165) is 29.3 Å². The van der Waals surface area contributed by atoms with Crippen LogP contribution in [-0.4, -0.2) is 52.1 Å². The Hall–Kier alpha value is -3.09. The maximum absolute atomic E-state index is 12.6. The minimum atomic E-state index is 0.101. The van der Waals surface area contributed by atoms with Crippen LogP contribution in [0, 0.1) is 0 Å². The molecule has 0 saturated carbocycles. The number of aromatic nitrogens is 3. The lowest BCUT2D eigenvalue weighted by Gasteiger charge is -2.35. The van der Waals surface area contributed by atoms with Gasteiger partial charge < -0.3 is 14.5 Å². The summed E-state index contributed by atoms with van der Waals surface area (Å²) in [7, 11) is 1.65. The molecule has 1 amide bonds. The zero-order chi connectivity index (χ0) is 17.2. The molecule has 3 heterocycles. The maximum Gasteiger partial charge on any atom is 0.242 e. The number of rotatable bonds is 4. The third-order valence-corrected chi connectivity index (χ3v) is 4.39. The Labute approximate surface area is 145 Å². The Morgan fingerprint density at radius 2 is 2.12 bits per heavy atom. The molecule has 1 fully saturated rings. The molecule has 7 nitrogen and oxygen atoms in total. The zero-order valence-electron chi connectivity index (χ0n) is 14.0. The van der Waals surface area contributed by atoms with Gasteiger partial charge in [0.1, 0.15) is 11.6 Å². The number of fused-ring (bicyclic) bond motifs is 1. The molecule has 1 saturated heterocycles. The number of carbonyl (C=O) groups is 1. The number of benzene rings is 1. The predicted molar refractivity (Wildman–Crippen MR) is 93.6 cm³/mol. The highest BCUT2D eigenvalue weighted by atomic mass is 16.5. The number of amides is 1. The number of anilines is 1. The predicted octanol–water partition coefficient (Wildman–Crippen LogP) is 1.59. The van der Waals surface area contributed by atoms with Gasteiger partial charge in [0.15, 0.2) is 5.65 Å². The van der Waals surface area contributed by atoms with Crippen molar-refractivity contribution in [3.05, 3.63) is 54.4 Å². The molecule has 3 aromatic rings. The second kappa shape index (κ2) is 6.43. The molecule has 4 rings (SSSR count). The molecule has 0 radical (unpaired) electrons. The number of ether oxygens (including phenoxy) is 1. The van der Waals surface area contributed by atoms with E-state index < -0.39 is 0 Å². The van der Waals surface area contributed by atoms with E-state index in [4.69, 9.17) is 4.74 Å². The zero-order valence-corrected chi connectivity index (χ0v) is 14.0. The summed E-state index contributed by atoms with van der Waals surface area (Å²) in [4.78, 5) is 21.0. The molecular formula is C18H19N5O2. The Balaban J connectivity index is 1.45. The van der Waals surface area contributed by atoms with Gasteiger partial charge in [0.25, 0.3) is 0 Å². The van der Waals surface area contributed by atoms with Crippen LogP contribution in [0.1, 0.15) is 5.56 Å². The van der Waals surface area contributed by atoms with Crippen molar-refractivity contribution in [2.75, 3.05) is 31.6 Å². The van der Waals surface area contributed by atoms with Gasteiger partial charge in [-0.2, -0.15) is 5.10 Å². The van der Waals surface area contributed by atoms with E-state index in [9.17, 15) is 4.79 Å². The van der Waals surface area contributed by atoms with Crippen molar-refractivity contribution in [3.8, 4) is 5.75 Å². The number of piperazine rings is 1. The third kappa shape index (κ3) is 3.13. The SMILES string of the molecule is COc1cccc(CN2CCN(c3ccn4nccc4n3)CC2=O)c1. The fraction of sp³-hybridized carbons (Fsp3) is 0.278. The molecule has 0 atom stereocenters. The van der Waals surface area contributed by atoms with Crippen LogP contribution >= 0.6 is 0 Å². The van der Waals surface area contributed by atoms with Gasteiger partial charge in [0.2, 0.25) is 5.91 Å². The smallest absolute Gasteiger partial charge is 0.242 e. The van der Waals surface area contributed by atoms with Crippen LogP contribution in [0.2, 0.25) is 0 Å². The van der Waals surface area contributed by atoms with Crippen molar-refractivity contribution in [1.82, 2.24) is 19.5 Å². The Morgan fingerprint density at radius 1 is 1.20 bits per heavy atom. The van der Waals surface area contributed by atoms with Crippen molar-refractivity contribution >= 4 is 17.4 Å². The van der Waals surface area contributed by atoms with Gasteiger partial charge in [-0.3, -0.25) is 4.79 Å². The Bertz CT molecular complexity index is 907. The van der Waals surface area contributed by atoms with E-state index in [1.54, 1.807) is 17.8 Å². The van der Waals surface area contributed by atoms with E-state index in [1.165, 1.54) is 0 Å². The van der Waals surface area contributed by atoms with Gasteiger partial charge in [-0.05, 0) is 23.8 Å². The maximum atomic E-state index is 12.6. The van der Waals surface area contributed by atoms with Crippen LogP contribution in [0.3, 0.4) is 0 Å². The average Bonchev–Trinajstić information content (AvgIpc) is 3.11. The van der Waals surface area contributed by atoms with Crippen LogP contribution in [0.25, 0.3) is 5.65 Å². The van der Waals surface area contributed by atoms with Gasteiger partial charge in [0, 0.05) is 31.9 Å². The van der Waals surface area contributed by atoms with E-state index in [-0.39, 0.29) is 5.91 Å². The van der Waals surface area contributed by atoms with Crippen LogP contribution in [0.5, 0.6) is 5.75 Å². The van der Waals surface area contributed by atoms with Crippen molar-refractivity contribution < 1.29 is 9.53 Å². The molecular weight excluding hydrogens is 318 g/mol. The summed E-state index contributed by atoms with van der Waals surface area (Å²) in [5, 5.41) is 4.14. The van der Waals surface area contributed by atoms with E-state index in [1.807, 2.05) is 52.4 Å². The van der Waals surface area contributed by atoms with Crippen molar-refractivity contribution in [2.24, 2.45) is 0 Å². The second-order valence-corrected chi connectivity index (χ2v) is 6.01. The van der Waals surface area contributed by atoms with Gasteiger partial charge in [0.05, 0.1) is 19.9 Å². The second-order valence-electron chi connectivity index (χ2n) is 6.01. The first kappa shape index (κ1) is 15.4. The summed E-state index contributed by atoms with van der Waals surface area (Å²) < 4.78 is 6.96. The van der Waals surface area contributed by atoms with Crippen LogP contribution < -0.4 is 9.64 Å². The van der Waals surface area contributed by atoms with Gasteiger partial charge in [-0.1, -0.05) is 12.1 Å². The molecule has 0 unspecified atom stereocenters. The van der Waals surface area contributed by atoms with Crippen molar-refractivity contribution in [2.45, 2.75) is 6.54 Å². The molecule has 0 bridgehead atoms. The minimum Gasteiger partial charge on any atom is -0.497 e. The summed E-state index contributed by atoms with van der Waals surface area (Å²) in [6.07, 6.45) is 3.58. The number of nitrogens with zero attached hydrogens (tertiary/aromatic N) is 5. The first-order chi connectivity index (χ1) is 12.2. The largest absolute Gasteiger partial charge is 0.497 e. The highest BCUT2D eigenvalue weighted by Crippen LogP contribution is 2.18. The van der Waals surface area contributed by atoms with Crippen LogP contribution in [-0.2, 0) is 11.3 Å². The molecule has 0 spiro atoms. The molecule has 0 N–H and O–H groups in total. The molecule has 128 valence electrons. The van der Waals surface area contributed by atoms with Gasteiger partial charge >= 0.3 is 0 Å². The van der Waals surface area contributed by atoms with Gasteiger partial charge in [-0.15, -0.1) is 0 Å².